The van der Waals surface area contributed by atoms with Crippen LogP contribution in [0.3, 0.4) is 0 Å². The normalized spacial score (nSPS) is 16.0. The minimum atomic E-state index is -0.625. The maximum absolute atomic E-state index is 13.9. The first-order valence-corrected chi connectivity index (χ1v) is 31.3. The van der Waals surface area contributed by atoms with Crippen LogP contribution in [0, 0.1) is 23.7 Å². The van der Waals surface area contributed by atoms with Gasteiger partial charge in [-0.25, -0.2) is 4.79 Å². The Morgan fingerprint density at radius 3 is 1.26 bits per heavy atom. The molecule has 446 valence electrons. The molecule has 2 fully saturated rings. The van der Waals surface area contributed by atoms with Gasteiger partial charge < -0.3 is 38.2 Å². The molecule has 0 spiro atoms. The fourth-order valence-electron chi connectivity index (χ4n) is 10.2. The molecule has 0 N–H and O–H groups in total. The number of Topliss-reactive ketones (excluding diaryl/α,β-unsaturated/α-hetero) is 1. The number of piperidine rings is 1. The first kappa shape index (κ1) is 69.4. The number of carbonyl (C=O) groups is 7. The van der Waals surface area contributed by atoms with E-state index in [-0.39, 0.29) is 114 Å². The molecule has 2 rings (SSSR count). The second-order valence-corrected chi connectivity index (χ2v) is 22.8. The maximum atomic E-state index is 13.9. The van der Waals surface area contributed by atoms with Gasteiger partial charge in [0.05, 0.1) is 45.5 Å². The second-order valence-electron chi connectivity index (χ2n) is 22.8. The van der Waals surface area contributed by atoms with Crippen molar-refractivity contribution >= 4 is 41.7 Å². The highest BCUT2D eigenvalue weighted by Gasteiger charge is 2.38. The van der Waals surface area contributed by atoms with E-state index >= 15 is 0 Å². The van der Waals surface area contributed by atoms with E-state index in [4.69, 9.17) is 28.4 Å². The largest absolute Gasteiger partial charge is 0.465 e. The summed E-state index contributed by atoms with van der Waals surface area (Å²) in [6.07, 6.45) is 28.7. The molecule has 1 amide bonds. The summed E-state index contributed by atoms with van der Waals surface area (Å²) < 4.78 is 34.3. The number of nitrogens with zero attached hydrogens (tertiary/aromatic N) is 2. The van der Waals surface area contributed by atoms with Crippen molar-refractivity contribution in [2.24, 2.45) is 23.7 Å². The van der Waals surface area contributed by atoms with E-state index in [1.165, 1.54) is 25.7 Å². The Kier molecular flexibility index (Phi) is 41.5. The Bertz CT molecular complexity index is 1520. The Morgan fingerprint density at radius 2 is 0.844 bits per heavy atom. The summed E-state index contributed by atoms with van der Waals surface area (Å²) in [5.74, 6) is -2.78. The Labute approximate surface area is 466 Å². The van der Waals surface area contributed by atoms with Crippen LogP contribution in [-0.4, -0.2) is 123 Å². The number of unbranched alkanes of at least 4 members (excludes halogenated alkanes) is 20. The first-order valence-electron chi connectivity index (χ1n) is 31.3. The molecule has 0 aliphatic carbocycles. The van der Waals surface area contributed by atoms with E-state index in [1.54, 1.807) is 4.90 Å². The second kappa shape index (κ2) is 46.0. The van der Waals surface area contributed by atoms with Crippen molar-refractivity contribution < 1.29 is 62.0 Å². The molecule has 0 bridgehead atoms. The van der Waals surface area contributed by atoms with Gasteiger partial charge in [-0.3, -0.25) is 28.8 Å². The maximum Gasteiger partial charge on any atom is 0.410 e. The van der Waals surface area contributed by atoms with Crippen LogP contribution in [-0.2, 0) is 57.2 Å². The van der Waals surface area contributed by atoms with E-state index < -0.39 is 29.9 Å². The highest BCUT2D eigenvalue weighted by molar-refractivity contribution is 5.79. The van der Waals surface area contributed by atoms with Gasteiger partial charge in [0.25, 0.3) is 0 Å². The summed E-state index contributed by atoms with van der Waals surface area (Å²) in [7, 11) is 0. The lowest BCUT2D eigenvalue weighted by molar-refractivity contribution is -0.155. The zero-order valence-corrected chi connectivity index (χ0v) is 49.4. The molecule has 0 unspecified atom stereocenters. The number of amides is 1. The smallest absolute Gasteiger partial charge is 0.410 e. The molecule has 2 aliphatic rings. The van der Waals surface area contributed by atoms with E-state index in [0.717, 1.165) is 161 Å². The predicted molar refractivity (Wildman–Crippen MR) is 302 cm³/mol. The van der Waals surface area contributed by atoms with Gasteiger partial charge in [0, 0.05) is 63.5 Å². The molecule has 2 saturated heterocycles. The third-order valence-corrected chi connectivity index (χ3v) is 15.2. The third-order valence-electron chi connectivity index (χ3n) is 15.2. The highest BCUT2D eigenvalue weighted by atomic mass is 16.6. The molecule has 15 heteroatoms. The van der Waals surface area contributed by atoms with Crippen LogP contribution in [0.4, 0.5) is 4.79 Å². The summed E-state index contributed by atoms with van der Waals surface area (Å²) in [6.45, 7) is 13.8. The van der Waals surface area contributed by atoms with Gasteiger partial charge in [0.2, 0.25) is 0 Å². The Balaban J connectivity index is 2.13. The fourth-order valence-corrected chi connectivity index (χ4v) is 10.2. The topological polar surface area (TPSA) is 181 Å². The van der Waals surface area contributed by atoms with Crippen LogP contribution in [0.1, 0.15) is 259 Å². The average molecular weight is 1090 g/mol. The summed E-state index contributed by atoms with van der Waals surface area (Å²) in [5, 5.41) is 0. The summed E-state index contributed by atoms with van der Waals surface area (Å²) in [6, 6.07) is -0.571. The first-order chi connectivity index (χ1) is 37.4. The van der Waals surface area contributed by atoms with Gasteiger partial charge in [0.1, 0.15) is 12.4 Å². The van der Waals surface area contributed by atoms with Gasteiger partial charge in [0.15, 0.2) is 0 Å². The average Bonchev–Trinajstić information content (AvgIpc) is 3.83. The highest BCUT2D eigenvalue weighted by Crippen LogP contribution is 2.29. The van der Waals surface area contributed by atoms with Crippen molar-refractivity contribution in [2.75, 3.05) is 65.8 Å². The van der Waals surface area contributed by atoms with E-state index in [0.29, 0.717) is 31.6 Å². The number of ketones is 1. The lowest BCUT2D eigenvalue weighted by atomic mass is 9.94. The van der Waals surface area contributed by atoms with Crippen molar-refractivity contribution in [1.82, 2.24) is 9.80 Å². The van der Waals surface area contributed by atoms with Gasteiger partial charge >= 0.3 is 35.9 Å². The number of ether oxygens (including phenoxy) is 6. The van der Waals surface area contributed by atoms with E-state index in [1.807, 2.05) is 0 Å². The number of likely N-dealkylation sites (tertiary alicyclic amines) is 2. The summed E-state index contributed by atoms with van der Waals surface area (Å²) >= 11 is 0. The van der Waals surface area contributed by atoms with Gasteiger partial charge in [-0.2, -0.15) is 0 Å². The van der Waals surface area contributed by atoms with Crippen LogP contribution in [0.15, 0.2) is 0 Å². The molecule has 2 aliphatic heterocycles. The van der Waals surface area contributed by atoms with Crippen LogP contribution in [0.25, 0.3) is 0 Å². The fraction of sp³-hybridized carbons (Fsp3) is 0.887. The number of esters is 5. The number of carbonyl (C=O) groups excluding carboxylic acids is 7. The molecule has 77 heavy (non-hydrogen) atoms. The van der Waals surface area contributed by atoms with Crippen LogP contribution >= 0.6 is 0 Å². The van der Waals surface area contributed by atoms with Crippen molar-refractivity contribution in [3.63, 3.8) is 0 Å². The molecular formula is C62H110N2O13. The van der Waals surface area contributed by atoms with Crippen LogP contribution in [0.2, 0.25) is 0 Å². The monoisotopic (exact) mass is 1090 g/mol. The molecule has 0 aromatic heterocycles. The molecular weight excluding hydrogens is 981 g/mol. The lowest BCUT2D eigenvalue weighted by Crippen LogP contribution is -2.40. The zero-order valence-electron chi connectivity index (χ0n) is 49.4. The molecule has 2 atom stereocenters. The van der Waals surface area contributed by atoms with Crippen molar-refractivity contribution in [2.45, 2.75) is 265 Å². The molecule has 0 saturated carbocycles. The van der Waals surface area contributed by atoms with E-state index in [2.05, 4.69) is 39.5 Å². The predicted octanol–water partition coefficient (Wildman–Crippen LogP) is 13.6. The number of hydrogen-bond acceptors (Lipinski definition) is 14. The van der Waals surface area contributed by atoms with Crippen molar-refractivity contribution in [3.8, 4) is 0 Å². The minimum absolute atomic E-state index is 0.0267. The quantitative estimate of drug-likeness (QED) is 0.0319. The Morgan fingerprint density at radius 1 is 0.455 bits per heavy atom. The van der Waals surface area contributed by atoms with Gasteiger partial charge in [-0.05, 0) is 76.3 Å². The van der Waals surface area contributed by atoms with Crippen molar-refractivity contribution in [1.29, 1.82) is 0 Å². The van der Waals surface area contributed by atoms with Crippen LogP contribution < -0.4 is 0 Å². The number of rotatable bonds is 48. The summed E-state index contributed by atoms with van der Waals surface area (Å²) in [4.78, 5) is 96.4. The molecule has 15 nitrogen and oxygen atoms in total. The molecule has 0 aromatic carbocycles. The van der Waals surface area contributed by atoms with Crippen LogP contribution in [0.5, 0.6) is 0 Å². The van der Waals surface area contributed by atoms with Gasteiger partial charge in [-0.15, -0.1) is 0 Å². The minimum Gasteiger partial charge on any atom is -0.465 e. The van der Waals surface area contributed by atoms with E-state index in [9.17, 15) is 33.6 Å². The molecule has 0 aromatic rings. The van der Waals surface area contributed by atoms with Gasteiger partial charge in [-0.1, -0.05) is 163 Å². The number of hydrogen-bond donors (Lipinski definition) is 0. The standard InChI is InChI=1S/C62H110N2O13/c1-6-10-14-18-22-26-31-57(66)73-46-53(47-74-58(67)32-27-23-19-15-11-7-2)43-56(65)42-52-41-55(64(45-52)62(71)72-40-30-37-63-38-35-51(5)36-39-63)50-77-61(70)44-54(48-75-59(68)33-28-24-20-16-12-8-3)49-76-60(69)34-29-25-21-17-13-9-4/h51-55H,6-50H2,1-5H3/t52-,55+/m1/s1. The third kappa shape index (κ3) is 36.9. The lowest BCUT2D eigenvalue weighted by Gasteiger charge is -2.30. The zero-order chi connectivity index (χ0) is 56.1. The Hall–Kier alpha value is -3.75. The summed E-state index contributed by atoms with van der Waals surface area (Å²) in [5.41, 5.74) is 0. The SMILES string of the molecule is CCCCCCCCC(=O)OCC(COC(=O)CCCCCCCC)CC(=O)C[C@H]1C[C@@H](COC(=O)CC(COC(=O)CCCCCCCC)COC(=O)CCCCCCCC)N(C(=O)OCCCN2CCC(C)CC2)C1. The molecule has 2 heterocycles. The van der Waals surface area contributed by atoms with Crippen molar-refractivity contribution in [3.05, 3.63) is 0 Å². The molecule has 0 radical (unpaired) electrons.